The minimum atomic E-state index is -1.14. The van der Waals surface area contributed by atoms with E-state index in [9.17, 15) is 75.5 Å². The number of amides is 8. The van der Waals surface area contributed by atoms with Crippen LogP contribution >= 0.6 is 0 Å². The van der Waals surface area contributed by atoms with Crippen molar-refractivity contribution in [3.63, 3.8) is 0 Å². The van der Waals surface area contributed by atoms with Crippen LogP contribution in [0.25, 0.3) is 0 Å². The number of carboxylic acids is 1. The van der Waals surface area contributed by atoms with Crippen LogP contribution in [0.1, 0.15) is 223 Å². The van der Waals surface area contributed by atoms with Gasteiger partial charge in [-0.2, -0.15) is 5.26 Å². The average molecular weight is 1560 g/mol. The number of nitriles is 1. The molecule has 0 saturated carbocycles. The van der Waals surface area contributed by atoms with Gasteiger partial charge in [0.1, 0.15) is 99.4 Å². The number of nitrogens with one attached hydrogen (secondary N) is 8. The number of halogens is 3. The van der Waals surface area contributed by atoms with Gasteiger partial charge in [-0.05, 0) is 142 Å². The molecule has 0 aromatic carbocycles. The van der Waals surface area contributed by atoms with Gasteiger partial charge in [-0.15, -0.1) is 0 Å². The molecule has 606 valence electrons. The minimum Gasteiger partial charge on any atom is -0.481 e. The summed E-state index contributed by atoms with van der Waals surface area (Å²) in [5.41, 5.74) is 3.26. The summed E-state index contributed by atoms with van der Waals surface area (Å²) in [5.74, 6) is -10.7. The highest BCUT2D eigenvalue weighted by Crippen LogP contribution is 2.16. The third-order valence-electron chi connectivity index (χ3n) is 14.7. The number of carboxylic acid groups (broad SMARTS) is 1. The number of Topliss-reactive ketones (excluding diaryl/α,β-unsaturated/α-hetero) is 1. The molecule has 8 amide bonds. The molecule has 31 nitrogen and oxygen atoms in total. The molecular formula is C77H104F3N13O18. The summed E-state index contributed by atoms with van der Waals surface area (Å²) in [5, 5.41) is 36.0. The molecule has 111 heavy (non-hydrogen) atoms. The molecule has 0 unspecified atom stereocenters. The van der Waals surface area contributed by atoms with Crippen molar-refractivity contribution in [2.45, 2.75) is 236 Å². The van der Waals surface area contributed by atoms with E-state index in [1.165, 1.54) is 58.1 Å². The number of esters is 3. The lowest BCUT2D eigenvalue weighted by Crippen LogP contribution is -2.46. The van der Waals surface area contributed by atoms with Crippen molar-refractivity contribution in [1.82, 2.24) is 57.5 Å². The van der Waals surface area contributed by atoms with E-state index in [-0.39, 0.29) is 109 Å². The second-order valence-electron chi connectivity index (χ2n) is 25.0. The molecule has 4 heterocycles. The molecule has 0 radical (unpaired) electrons. The van der Waals surface area contributed by atoms with Gasteiger partial charge >= 0.3 is 30.0 Å². The Morgan fingerprint density at radius 2 is 1.20 bits per heavy atom. The smallest absolute Gasteiger partial charge is 0.407 e. The maximum atomic E-state index is 14.3. The van der Waals surface area contributed by atoms with E-state index >= 15 is 0 Å². The third kappa shape index (κ3) is 37.8. The number of carbonyl (C=O) groups is 13. The maximum Gasteiger partial charge on any atom is 0.407 e. The summed E-state index contributed by atoms with van der Waals surface area (Å²) >= 11 is 0. The zero-order chi connectivity index (χ0) is 83.9. The Hall–Kier alpha value is -11.8. The lowest BCUT2D eigenvalue weighted by atomic mass is 10.1. The van der Waals surface area contributed by atoms with E-state index < -0.39 is 137 Å². The van der Waals surface area contributed by atoms with Gasteiger partial charge in [-0.1, -0.05) is 97.3 Å². The minimum absolute atomic E-state index is 0.00641. The monoisotopic (exact) mass is 1560 g/mol. The Balaban J connectivity index is 0.000000822. The van der Waals surface area contributed by atoms with Crippen LogP contribution in [0.2, 0.25) is 0 Å². The Labute approximate surface area is 644 Å². The van der Waals surface area contributed by atoms with Crippen molar-refractivity contribution in [2.24, 2.45) is 5.73 Å². The molecule has 0 saturated heterocycles. The number of hydrogen-bond acceptors (Lipinski definition) is 22. The van der Waals surface area contributed by atoms with Crippen LogP contribution in [0.3, 0.4) is 0 Å². The number of pyridine rings is 3. The molecule has 1 aliphatic heterocycles. The predicted octanol–water partition coefficient (Wildman–Crippen LogP) is 8.54. The predicted molar refractivity (Wildman–Crippen MR) is 401 cm³/mol. The number of cyclic esters (lactones) is 1. The van der Waals surface area contributed by atoms with Crippen LogP contribution in [0.4, 0.5) is 18.0 Å². The largest absolute Gasteiger partial charge is 0.481 e. The molecular weight excluding hydrogens is 1450 g/mol. The molecule has 3 aromatic rings. The number of alkyl carbamates (subject to hydrolysis) is 1. The molecule has 11 N–H and O–H groups in total. The molecule has 1 aliphatic rings. The highest BCUT2D eigenvalue weighted by molar-refractivity contribution is 6.05. The Bertz CT molecular complexity index is 3940. The van der Waals surface area contributed by atoms with Crippen molar-refractivity contribution < 1.29 is 99.6 Å². The van der Waals surface area contributed by atoms with Gasteiger partial charge < -0.3 is 72.3 Å². The number of nitrogens with two attached hydrogens (primary N) is 1. The summed E-state index contributed by atoms with van der Waals surface area (Å²) in [7, 11) is 0. The Kier molecular flexibility index (Phi) is 45.8. The molecule has 0 fully saturated rings. The number of fused-ring (bicyclic) bond motifs is 2. The first-order valence-corrected chi connectivity index (χ1v) is 36.0. The summed E-state index contributed by atoms with van der Waals surface area (Å²) in [6, 6.07) is 5.21. The molecule has 3 aromatic heterocycles. The average Bonchev–Trinajstić information content (AvgIpc) is 0.851. The van der Waals surface area contributed by atoms with E-state index in [0.29, 0.717) is 6.42 Å². The number of unbranched alkanes of at least 4 members (excludes halogenated alkanes) is 3. The third-order valence-corrected chi connectivity index (χ3v) is 14.7. The number of aromatic nitrogens is 3. The van der Waals surface area contributed by atoms with Crippen molar-refractivity contribution in [3.05, 3.63) is 160 Å². The first kappa shape index (κ1) is 97.3. The van der Waals surface area contributed by atoms with Crippen LogP contribution in [-0.4, -0.2) is 139 Å². The van der Waals surface area contributed by atoms with Crippen LogP contribution in [0.15, 0.2) is 108 Å². The zero-order valence-corrected chi connectivity index (χ0v) is 65.1. The Morgan fingerprint density at radius 1 is 0.712 bits per heavy atom. The SMILES string of the molecule is C/C=C(\NC(=O)c1ccc(F)c(CN)n1)C(=O)N[C@@H](CC)C(=O)O[C@H](/C=C/CCC)CC(=O)O.C/C=C(\NC(=O)c1ccc(F)c(CNC(=O)OC(C)(C)C)n1)C(=O)N[C@@H](CC)C(=O)O[C@H](/C=C/CCC)CC(C)=O.C/C=C1\NC(=O)c2ccc(F)c(n2)CNC(=O)C[C@@H](/C=C/CCC)OC(=O)[C@H](CC)NC1=O.CC#N. The number of allylic oxidation sites excluding steroid dienone is 6. The molecule has 2 bridgehead atoms. The number of aliphatic carboxylic acids is 1. The van der Waals surface area contributed by atoms with E-state index in [1.807, 2.05) is 26.8 Å². The van der Waals surface area contributed by atoms with Crippen molar-refractivity contribution >= 4 is 77.1 Å². The van der Waals surface area contributed by atoms with Crippen LogP contribution in [0, 0.1) is 28.8 Å². The number of ether oxygens (including phenoxy) is 4. The molecule has 0 spiro atoms. The quantitative estimate of drug-likeness (QED) is 0.0125. The second kappa shape index (κ2) is 52.3. The number of ketones is 1. The van der Waals surface area contributed by atoms with Crippen LogP contribution < -0.4 is 48.3 Å². The lowest BCUT2D eigenvalue weighted by molar-refractivity contribution is -0.154. The first-order valence-electron chi connectivity index (χ1n) is 36.0. The summed E-state index contributed by atoms with van der Waals surface area (Å²) in [4.78, 5) is 173. The summed E-state index contributed by atoms with van der Waals surface area (Å²) < 4.78 is 63.3. The van der Waals surface area contributed by atoms with Crippen LogP contribution in [0.5, 0.6) is 0 Å². The van der Waals surface area contributed by atoms with Gasteiger partial charge in [0.05, 0.1) is 49.1 Å². The fraction of sp³-hybridized carbons (Fsp3) is 0.468. The van der Waals surface area contributed by atoms with Gasteiger partial charge in [0.25, 0.3) is 35.4 Å². The van der Waals surface area contributed by atoms with Crippen molar-refractivity contribution in [2.75, 3.05) is 0 Å². The highest BCUT2D eigenvalue weighted by atomic mass is 19.1. The molecule has 4 rings (SSSR count). The molecule has 0 aliphatic carbocycles. The molecule has 34 heteroatoms. The van der Waals surface area contributed by atoms with Gasteiger partial charge in [0.2, 0.25) is 5.91 Å². The van der Waals surface area contributed by atoms with E-state index in [4.69, 9.17) is 35.0 Å². The van der Waals surface area contributed by atoms with E-state index in [1.54, 1.807) is 78.8 Å². The van der Waals surface area contributed by atoms with E-state index in [2.05, 4.69) is 57.5 Å². The standard InChI is InChI=1S/C29H41FN4O7.C23H31FN4O6.C23H29FN4O5.C2H3N/c1-8-11-12-13-19(16-18(4)35)40-27(38)22(10-3)34-25(36)21(9-2)33-26(37)23-15-14-20(30)24(32-23)17-31-28(39)41-29(5,6)7;1-4-7-8-9-14(12-20(29)30)34-23(33)17(6-3)28-21(31)16(5-2)27-22(32)18-11-10-15(24)19(13-25)26-18;1-4-7-8-9-14-12-20(29)25-13-19-15(24)10-11-18(26-19)22(31)27-16(5-2)21(30)28-17(6-3)23(32)33-14;1-2-3/h9,12-15,19,22H,8,10-11,16-17H2,1-7H3,(H,31,39)(H,33,37)(H,34,36);5,8-11,14,17H,4,6-7,12-13,25H2,1-3H3,(H,27,32)(H,28,31)(H,29,30);5,8-11,14,17H,4,6-7,12-13H2,1-3H3,(H,25,29)(H,27,31)(H,28,30);1H3/b13-12+,21-9-;2*9-8+,16-5-;/t19-,22+;2*14-,17+;/m111./s1. The summed E-state index contributed by atoms with van der Waals surface area (Å²) in [6.07, 6.45) is 15.5. The van der Waals surface area contributed by atoms with Crippen molar-refractivity contribution in [3.8, 4) is 6.07 Å². The van der Waals surface area contributed by atoms with Gasteiger partial charge in [-0.3, -0.25) is 43.2 Å². The van der Waals surface area contributed by atoms with Crippen LogP contribution in [-0.2, 0) is 81.7 Å². The van der Waals surface area contributed by atoms with E-state index in [0.717, 1.165) is 62.4 Å². The topological polar surface area (TPSA) is 464 Å². The second-order valence-corrected chi connectivity index (χ2v) is 25.0. The number of carbonyl (C=O) groups excluding carboxylic acids is 12. The first-order chi connectivity index (χ1) is 52.6. The lowest BCUT2D eigenvalue weighted by Gasteiger charge is -2.21. The van der Waals surface area contributed by atoms with Gasteiger partial charge in [0.15, 0.2) is 0 Å². The number of nitrogens with zero attached hydrogens (tertiary/aromatic N) is 4. The van der Waals surface area contributed by atoms with Gasteiger partial charge in [0, 0.05) is 19.9 Å². The fourth-order valence-corrected chi connectivity index (χ4v) is 9.00. The Morgan fingerprint density at radius 3 is 1.65 bits per heavy atom. The number of hydrogen-bond donors (Lipinski definition) is 10. The van der Waals surface area contributed by atoms with Crippen molar-refractivity contribution in [1.29, 1.82) is 5.26 Å². The maximum absolute atomic E-state index is 14.3. The molecule has 6 atom stereocenters. The summed E-state index contributed by atoms with van der Waals surface area (Å²) in [6.45, 7) is 22.5. The normalized spacial score (nSPS) is 15.6. The zero-order valence-electron chi connectivity index (χ0n) is 65.1. The van der Waals surface area contributed by atoms with Gasteiger partial charge in [-0.25, -0.2) is 47.3 Å². The highest BCUT2D eigenvalue weighted by Gasteiger charge is 2.31. The number of rotatable bonds is 31. The fourth-order valence-electron chi connectivity index (χ4n) is 9.00.